The van der Waals surface area contributed by atoms with Gasteiger partial charge in [-0.15, -0.1) is 0 Å². The second-order valence-electron chi connectivity index (χ2n) is 6.29. The Kier molecular flexibility index (Phi) is 6.91. The normalized spacial score (nSPS) is 19.8. The molecule has 2 rings (SSSR count). The first-order chi connectivity index (χ1) is 12.0. The first kappa shape index (κ1) is 18.9. The molecule has 0 aliphatic heterocycles. The molecule has 0 saturated heterocycles. The van der Waals surface area contributed by atoms with Crippen molar-refractivity contribution in [2.24, 2.45) is 5.92 Å². The maximum Gasteiger partial charge on any atom is 0.325 e. The minimum absolute atomic E-state index is 0.108. The number of amides is 2. The molecule has 1 aromatic rings. The number of halogens is 1. The molecule has 2 atom stereocenters. The topological polar surface area (TPSA) is 84.5 Å². The quantitative estimate of drug-likeness (QED) is 0.766. The summed E-state index contributed by atoms with van der Waals surface area (Å²) in [7, 11) is 0. The maximum atomic E-state index is 13.0. The van der Waals surface area contributed by atoms with Crippen LogP contribution in [0.1, 0.15) is 43.0 Å². The van der Waals surface area contributed by atoms with Crippen molar-refractivity contribution in [2.45, 2.75) is 38.6 Å². The molecule has 0 unspecified atom stereocenters. The van der Waals surface area contributed by atoms with Crippen LogP contribution in [-0.2, 0) is 14.3 Å². The molecule has 2 amide bonds. The summed E-state index contributed by atoms with van der Waals surface area (Å²) in [5.41, 5.74) is 0.108. The van der Waals surface area contributed by atoms with E-state index in [-0.39, 0.29) is 30.7 Å². The van der Waals surface area contributed by atoms with Gasteiger partial charge in [-0.3, -0.25) is 14.4 Å². The van der Waals surface area contributed by atoms with Gasteiger partial charge in [0.25, 0.3) is 11.8 Å². The molecule has 0 heterocycles. The molecule has 25 heavy (non-hydrogen) atoms. The number of carbonyl (C=O) groups is 3. The van der Waals surface area contributed by atoms with Gasteiger partial charge in [0, 0.05) is 11.6 Å². The lowest BCUT2D eigenvalue weighted by atomic mass is 9.86. The Labute approximate surface area is 146 Å². The Bertz CT molecular complexity index is 635. The Hall–Kier alpha value is -2.44. The number of nitrogens with one attached hydrogen (secondary N) is 2. The van der Waals surface area contributed by atoms with E-state index in [0.29, 0.717) is 5.92 Å². The van der Waals surface area contributed by atoms with E-state index in [1.54, 1.807) is 0 Å². The average Bonchev–Trinajstić information content (AvgIpc) is 2.60. The Morgan fingerprint density at radius 3 is 2.72 bits per heavy atom. The van der Waals surface area contributed by atoms with E-state index in [0.717, 1.165) is 25.3 Å². The fraction of sp³-hybridized carbons (Fsp3) is 0.500. The predicted octanol–water partition coefficient (Wildman–Crippen LogP) is 1.79. The molecule has 1 aliphatic rings. The lowest BCUT2D eigenvalue weighted by Gasteiger charge is -2.29. The Morgan fingerprint density at radius 1 is 1.24 bits per heavy atom. The predicted molar refractivity (Wildman–Crippen MR) is 89.3 cm³/mol. The molecule has 0 spiro atoms. The summed E-state index contributed by atoms with van der Waals surface area (Å²) < 4.78 is 17.9. The van der Waals surface area contributed by atoms with Crippen molar-refractivity contribution in [2.75, 3.05) is 13.2 Å². The third-order valence-corrected chi connectivity index (χ3v) is 4.30. The van der Waals surface area contributed by atoms with Crippen LogP contribution in [0.25, 0.3) is 0 Å². The summed E-state index contributed by atoms with van der Waals surface area (Å²) in [6, 6.07) is 5.24. The molecule has 1 aromatic carbocycles. The summed E-state index contributed by atoms with van der Waals surface area (Å²) in [6.45, 7) is 1.33. The highest BCUT2D eigenvalue weighted by molar-refractivity contribution is 5.96. The number of rotatable bonds is 6. The molecule has 1 fully saturated rings. The van der Waals surface area contributed by atoms with Crippen molar-refractivity contribution in [3.05, 3.63) is 35.6 Å². The van der Waals surface area contributed by atoms with Crippen LogP contribution in [0.5, 0.6) is 0 Å². The first-order valence-electron chi connectivity index (χ1n) is 8.44. The summed E-state index contributed by atoms with van der Waals surface area (Å²) in [6.07, 6.45) is 4.27. The van der Waals surface area contributed by atoms with Crippen LogP contribution in [0.3, 0.4) is 0 Å². The van der Waals surface area contributed by atoms with Gasteiger partial charge in [-0.05, 0) is 37.0 Å². The van der Waals surface area contributed by atoms with E-state index < -0.39 is 17.7 Å². The maximum absolute atomic E-state index is 13.0. The van der Waals surface area contributed by atoms with E-state index in [1.807, 2.05) is 0 Å². The van der Waals surface area contributed by atoms with Crippen molar-refractivity contribution < 1.29 is 23.5 Å². The van der Waals surface area contributed by atoms with Crippen molar-refractivity contribution in [3.63, 3.8) is 0 Å². The molecule has 0 aromatic heterocycles. The van der Waals surface area contributed by atoms with Crippen molar-refractivity contribution in [1.82, 2.24) is 10.6 Å². The van der Waals surface area contributed by atoms with Gasteiger partial charge >= 0.3 is 5.97 Å². The second-order valence-corrected chi connectivity index (χ2v) is 6.29. The van der Waals surface area contributed by atoms with Gasteiger partial charge in [-0.1, -0.05) is 25.8 Å². The van der Waals surface area contributed by atoms with Gasteiger partial charge in [-0.2, -0.15) is 0 Å². The molecule has 0 bridgehead atoms. The van der Waals surface area contributed by atoms with Crippen LogP contribution in [0.2, 0.25) is 0 Å². The number of hydrogen-bond acceptors (Lipinski definition) is 4. The highest BCUT2D eigenvalue weighted by atomic mass is 19.1. The molecular weight excluding hydrogens is 327 g/mol. The lowest BCUT2D eigenvalue weighted by Crippen LogP contribution is -2.43. The molecule has 0 radical (unpaired) electrons. The summed E-state index contributed by atoms with van der Waals surface area (Å²) in [5.74, 6) is -1.78. The molecule has 2 N–H and O–H groups in total. The number of ether oxygens (including phenoxy) is 1. The smallest absolute Gasteiger partial charge is 0.325 e. The van der Waals surface area contributed by atoms with Crippen LogP contribution < -0.4 is 10.6 Å². The van der Waals surface area contributed by atoms with Crippen molar-refractivity contribution in [1.29, 1.82) is 0 Å². The number of hydrogen-bond donors (Lipinski definition) is 2. The van der Waals surface area contributed by atoms with Crippen LogP contribution in [-0.4, -0.2) is 37.0 Å². The summed E-state index contributed by atoms with van der Waals surface area (Å²) in [5, 5.41) is 5.20. The van der Waals surface area contributed by atoms with E-state index in [9.17, 15) is 18.8 Å². The van der Waals surface area contributed by atoms with E-state index in [1.165, 1.54) is 24.6 Å². The summed E-state index contributed by atoms with van der Waals surface area (Å²) >= 11 is 0. The third-order valence-electron chi connectivity index (χ3n) is 4.30. The van der Waals surface area contributed by atoms with Gasteiger partial charge in [0.15, 0.2) is 6.61 Å². The fourth-order valence-corrected chi connectivity index (χ4v) is 2.86. The van der Waals surface area contributed by atoms with Crippen molar-refractivity contribution in [3.8, 4) is 0 Å². The van der Waals surface area contributed by atoms with Crippen LogP contribution in [0.15, 0.2) is 24.3 Å². The highest BCUT2D eigenvalue weighted by Crippen LogP contribution is 2.23. The Balaban J connectivity index is 1.68. The average molecular weight is 350 g/mol. The molecule has 7 heteroatoms. The number of esters is 1. The van der Waals surface area contributed by atoms with Gasteiger partial charge in [0.1, 0.15) is 12.4 Å². The first-order valence-corrected chi connectivity index (χ1v) is 8.44. The monoisotopic (exact) mass is 350 g/mol. The van der Waals surface area contributed by atoms with Crippen LogP contribution in [0, 0.1) is 11.7 Å². The van der Waals surface area contributed by atoms with Crippen LogP contribution >= 0.6 is 0 Å². The largest absolute Gasteiger partial charge is 0.454 e. The number of benzene rings is 1. The van der Waals surface area contributed by atoms with E-state index in [4.69, 9.17) is 4.74 Å². The van der Waals surface area contributed by atoms with E-state index in [2.05, 4.69) is 17.6 Å². The zero-order chi connectivity index (χ0) is 18.2. The third kappa shape index (κ3) is 6.17. The Morgan fingerprint density at radius 2 is 2.00 bits per heavy atom. The fourth-order valence-electron chi connectivity index (χ4n) is 2.86. The molecular formula is C18H23FN2O4. The molecule has 1 aliphatic carbocycles. The minimum atomic E-state index is -0.725. The van der Waals surface area contributed by atoms with Gasteiger partial charge in [-0.25, -0.2) is 4.39 Å². The molecule has 1 saturated carbocycles. The number of carbonyl (C=O) groups excluding carboxylic acids is 3. The SMILES string of the molecule is C[C@@H]1CCCC[C@@H]1NC(=O)COC(=O)CNC(=O)c1cccc(F)c1. The van der Waals surface area contributed by atoms with E-state index >= 15 is 0 Å². The van der Waals surface area contributed by atoms with Gasteiger partial charge in [0.2, 0.25) is 0 Å². The van der Waals surface area contributed by atoms with Gasteiger partial charge < -0.3 is 15.4 Å². The van der Waals surface area contributed by atoms with Crippen molar-refractivity contribution >= 4 is 17.8 Å². The van der Waals surface area contributed by atoms with Crippen LogP contribution in [0.4, 0.5) is 4.39 Å². The standard InChI is InChI=1S/C18H23FN2O4/c1-12-5-2-3-8-15(12)21-16(22)11-25-17(23)10-20-18(24)13-6-4-7-14(19)9-13/h4,6-7,9,12,15H,2-3,5,8,10-11H2,1H3,(H,20,24)(H,21,22)/t12-,15+/m1/s1. The summed E-state index contributed by atoms with van der Waals surface area (Å²) in [4.78, 5) is 35.2. The second kappa shape index (κ2) is 9.15. The van der Waals surface area contributed by atoms with Gasteiger partial charge in [0.05, 0.1) is 0 Å². The minimum Gasteiger partial charge on any atom is -0.454 e. The zero-order valence-electron chi connectivity index (χ0n) is 14.2. The lowest BCUT2D eigenvalue weighted by molar-refractivity contribution is -0.147. The zero-order valence-corrected chi connectivity index (χ0v) is 14.2. The molecule has 136 valence electrons. The molecule has 6 nitrogen and oxygen atoms in total. The highest BCUT2D eigenvalue weighted by Gasteiger charge is 2.23.